The second kappa shape index (κ2) is 19.4. The number of methoxy groups -OCH3 is 1. The summed E-state index contributed by atoms with van der Waals surface area (Å²) in [5, 5.41) is 10.8. The molecule has 0 radical (unpaired) electrons. The summed E-state index contributed by atoms with van der Waals surface area (Å²) in [5.74, 6) is -2.20. The van der Waals surface area contributed by atoms with Gasteiger partial charge in [-0.15, -0.1) is 11.3 Å². The Kier molecular flexibility index (Phi) is 16.4. The van der Waals surface area contributed by atoms with E-state index in [2.05, 4.69) is 20.9 Å². The average Bonchev–Trinajstić information content (AvgIpc) is 3.54. The fourth-order valence-electron chi connectivity index (χ4n) is 5.70. The number of esters is 2. The summed E-state index contributed by atoms with van der Waals surface area (Å²) in [6.07, 6.45) is 0.923. The van der Waals surface area contributed by atoms with Crippen molar-refractivity contribution in [2.24, 2.45) is 17.8 Å². The van der Waals surface area contributed by atoms with Crippen LogP contribution in [0.5, 0.6) is 0 Å². The number of nitrogens with zero attached hydrogens (tertiary/aromatic N) is 2. The number of ether oxygens (including phenoxy) is 2. The molecule has 1 aromatic carbocycles. The topological polar surface area (TPSA) is 156 Å². The molecule has 0 saturated heterocycles. The number of amides is 4. The van der Waals surface area contributed by atoms with E-state index in [4.69, 9.17) is 9.47 Å². The summed E-state index contributed by atoms with van der Waals surface area (Å²) >= 11 is 1.19. The van der Waals surface area contributed by atoms with Gasteiger partial charge < -0.3 is 30.3 Å². The maximum atomic E-state index is 14.0. The Bertz CT molecular complexity index is 1420. The Morgan fingerprint density at radius 2 is 1.62 bits per heavy atom. The van der Waals surface area contributed by atoms with Gasteiger partial charge in [0.15, 0.2) is 6.10 Å². The standard InChI is InChI=1S/C37H57N5O7S/c1-12-23(4)31(40-36(47)41-37(7,8)9)34(45)42(10)29(22(2)3)20-30(49-25(6)43)33-39-28(21-50-33)32(44)38-27(18-24(5)35(46)48-11)19-26-16-14-13-15-17-26/h13-17,21-24,27,29-31H,12,18-20H2,1-11H3,(H,38,44)(H2,40,41,47)/t23-,24-,27+,29+,30+,31-/m0/s1. The number of carbonyl (C=O) groups excluding carboxylic acids is 5. The molecule has 2 aromatic rings. The molecular formula is C37H57N5O7S. The van der Waals surface area contributed by atoms with Crippen LogP contribution in [-0.4, -0.2) is 77.5 Å². The molecule has 0 saturated carbocycles. The number of hydrogen-bond acceptors (Lipinski definition) is 9. The van der Waals surface area contributed by atoms with Gasteiger partial charge in [0.05, 0.1) is 13.0 Å². The fourth-order valence-corrected chi connectivity index (χ4v) is 6.53. The second-order valence-electron chi connectivity index (χ2n) is 14.4. The molecule has 50 heavy (non-hydrogen) atoms. The van der Waals surface area contributed by atoms with Crippen molar-refractivity contribution in [3.05, 3.63) is 52.0 Å². The molecule has 0 fully saturated rings. The fraction of sp³-hybridized carbons (Fsp3) is 0.622. The lowest BCUT2D eigenvalue weighted by atomic mass is 9.93. The van der Waals surface area contributed by atoms with E-state index in [9.17, 15) is 24.0 Å². The Morgan fingerprint density at radius 3 is 2.16 bits per heavy atom. The SMILES string of the molecule is CC[C@H](C)[C@H](NC(=O)NC(C)(C)C)C(=O)N(C)[C@H](C[C@@H](OC(C)=O)c1nc(C(=O)N[C@@H](Cc2ccccc2)C[C@H](C)C(=O)OC)cs1)C(C)C. The number of rotatable bonds is 17. The predicted molar refractivity (Wildman–Crippen MR) is 194 cm³/mol. The van der Waals surface area contributed by atoms with Crippen molar-refractivity contribution < 1.29 is 33.4 Å². The Hall–Kier alpha value is -4.00. The highest BCUT2D eigenvalue weighted by atomic mass is 32.1. The molecule has 0 aliphatic heterocycles. The number of benzene rings is 1. The van der Waals surface area contributed by atoms with E-state index in [0.717, 1.165) is 5.56 Å². The van der Waals surface area contributed by atoms with Gasteiger partial charge in [-0.3, -0.25) is 19.2 Å². The number of carbonyl (C=O) groups is 5. The summed E-state index contributed by atoms with van der Waals surface area (Å²) in [6, 6.07) is 7.68. The smallest absolute Gasteiger partial charge is 0.315 e. The minimum atomic E-state index is -0.833. The Morgan fingerprint density at radius 1 is 0.980 bits per heavy atom. The van der Waals surface area contributed by atoms with Gasteiger partial charge in [0.1, 0.15) is 16.7 Å². The van der Waals surface area contributed by atoms with Crippen LogP contribution in [0.25, 0.3) is 0 Å². The van der Waals surface area contributed by atoms with Crippen LogP contribution in [0.2, 0.25) is 0 Å². The van der Waals surface area contributed by atoms with E-state index in [1.165, 1.54) is 25.4 Å². The zero-order valence-corrected chi connectivity index (χ0v) is 32.3. The van der Waals surface area contributed by atoms with Crippen molar-refractivity contribution in [2.45, 2.75) is 118 Å². The number of nitrogens with one attached hydrogen (secondary N) is 3. The summed E-state index contributed by atoms with van der Waals surface area (Å²) in [7, 11) is 3.03. The lowest BCUT2D eigenvalue weighted by molar-refractivity contribution is -0.149. The third kappa shape index (κ3) is 13.4. The minimum absolute atomic E-state index is 0.0544. The normalized spacial score (nSPS) is 15.1. The van der Waals surface area contributed by atoms with Gasteiger partial charge in [0, 0.05) is 43.4 Å². The summed E-state index contributed by atoms with van der Waals surface area (Å²) in [5.41, 5.74) is 0.676. The first-order chi connectivity index (χ1) is 23.4. The predicted octanol–water partition coefficient (Wildman–Crippen LogP) is 5.67. The van der Waals surface area contributed by atoms with Crippen LogP contribution in [-0.2, 0) is 30.3 Å². The van der Waals surface area contributed by atoms with Gasteiger partial charge in [-0.05, 0) is 51.0 Å². The molecule has 13 heteroatoms. The van der Waals surface area contributed by atoms with Gasteiger partial charge in [0.2, 0.25) is 5.91 Å². The molecule has 1 aromatic heterocycles. The van der Waals surface area contributed by atoms with E-state index in [-0.39, 0.29) is 41.9 Å². The van der Waals surface area contributed by atoms with Crippen LogP contribution in [0.15, 0.2) is 35.7 Å². The second-order valence-corrected chi connectivity index (χ2v) is 15.3. The highest BCUT2D eigenvalue weighted by Gasteiger charge is 2.36. The molecule has 0 bridgehead atoms. The first kappa shape index (κ1) is 42.2. The molecular weight excluding hydrogens is 659 g/mol. The van der Waals surface area contributed by atoms with Crippen LogP contribution in [0.3, 0.4) is 0 Å². The molecule has 2 rings (SSSR count). The molecule has 0 spiro atoms. The number of aromatic nitrogens is 1. The summed E-state index contributed by atoms with van der Waals surface area (Å²) in [6.45, 7) is 16.5. The Balaban J connectivity index is 2.32. The van der Waals surface area contributed by atoms with Gasteiger partial charge in [-0.1, -0.05) is 71.4 Å². The van der Waals surface area contributed by atoms with E-state index in [1.807, 2.05) is 78.8 Å². The number of hydrogen-bond donors (Lipinski definition) is 3. The Labute approximate surface area is 301 Å². The first-order valence-electron chi connectivity index (χ1n) is 17.3. The van der Waals surface area contributed by atoms with Crippen LogP contribution in [0.4, 0.5) is 4.79 Å². The van der Waals surface area contributed by atoms with E-state index >= 15 is 0 Å². The molecule has 3 N–H and O–H groups in total. The molecule has 6 atom stereocenters. The zero-order chi connectivity index (χ0) is 37.8. The number of thiazole rings is 1. The molecule has 0 unspecified atom stereocenters. The zero-order valence-electron chi connectivity index (χ0n) is 31.5. The first-order valence-corrected chi connectivity index (χ1v) is 18.1. The van der Waals surface area contributed by atoms with Crippen LogP contribution in [0.1, 0.15) is 109 Å². The summed E-state index contributed by atoms with van der Waals surface area (Å²) in [4.78, 5) is 71.0. The van der Waals surface area contributed by atoms with Crippen LogP contribution < -0.4 is 16.0 Å². The van der Waals surface area contributed by atoms with Crippen LogP contribution >= 0.6 is 11.3 Å². The third-order valence-corrected chi connectivity index (χ3v) is 9.50. The number of urea groups is 1. The van der Waals surface area contributed by atoms with Crippen molar-refractivity contribution in [1.82, 2.24) is 25.8 Å². The van der Waals surface area contributed by atoms with E-state index in [1.54, 1.807) is 24.3 Å². The van der Waals surface area contributed by atoms with Crippen LogP contribution in [0, 0.1) is 17.8 Å². The molecule has 278 valence electrons. The molecule has 0 aliphatic rings. The summed E-state index contributed by atoms with van der Waals surface area (Å²) < 4.78 is 10.7. The van der Waals surface area contributed by atoms with Gasteiger partial charge in [-0.25, -0.2) is 9.78 Å². The maximum absolute atomic E-state index is 14.0. The van der Waals surface area contributed by atoms with Crippen molar-refractivity contribution in [2.75, 3.05) is 14.2 Å². The average molecular weight is 716 g/mol. The minimum Gasteiger partial charge on any atom is -0.469 e. The molecule has 12 nitrogen and oxygen atoms in total. The van der Waals surface area contributed by atoms with Gasteiger partial charge in [-0.2, -0.15) is 0 Å². The van der Waals surface area contributed by atoms with Crippen molar-refractivity contribution in [3.63, 3.8) is 0 Å². The molecule has 0 aliphatic carbocycles. The monoisotopic (exact) mass is 715 g/mol. The largest absolute Gasteiger partial charge is 0.469 e. The van der Waals surface area contributed by atoms with E-state index in [0.29, 0.717) is 24.3 Å². The van der Waals surface area contributed by atoms with Crippen molar-refractivity contribution >= 4 is 41.1 Å². The van der Waals surface area contributed by atoms with Crippen molar-refractivity contribution in [1.29, 1.82) is 0 Å². The quantitative estimate of drug-likeness (QED) is 0.177. The van der Waals surface area contributed by atoms with Gasteiger partial charge >= 0.3 is 18.0 Å². The van der Waals surface area contributed by atoms with E-state index < -0.39 is 47.6 Å². The van der Waals surface area contributed by atoms with Crippen molar-refractivity contribution in [3.8, 4) is 0 Å². The highest BCUT2D eigenvalue weighted by molar-refractivity contribution is 7.09. The van der Waals surface area contributed by atoms with Gasteiger partial charge in [0.25, 0.3) is 5.91 Å². The molecule has 1 heterocycles. The highest BCUT2D eigenvalue weighted by Crippen LogP contribution is 2.31. The number of likely N-dealkylation sites (N-methyl/N-ethyl adjacent to an activating group) is 1. The lowest BCUT2D eigenvalue weighted by Gasteiger charge is -2.37. The lowest BCUT2D eigenvalue weighted by Crippen LogP contribution is -2.57. The maximum Gasteiger partial charge on any atom is 0.315 e. The third-order valence-electron chi connectivity index (χ3n) is 8.56. The molecule has 4 amide bonds.